The largest absolute Gasteiger partial charge is 0.396 e. The predicted molar refractivity (Wildman–Crippen MR) is 425 cm³/mol. The van der Waals surface area contributed by atoms with Crippen LogP contribution in [0.15, 0.2) is 0 Å². The van der Waals surface area contributed by atoms with Crippen LogP contribution in [0.25, 0.3) is 0 Å². The van der Waals surface area contributed by atoms with Gasteiger partial charge in [-0.2, -0.15) is 23.5 Å². The van der Waals surface area contributed by atoms with Crippen LogP contribution in [0.2, 0.25) is 0 Å². The molecule has 700 valence electrons. The van der Waals surface area contributed by atoms with E-state index in [-0.39, 0.29) is 65.1 Å². The van der Waals surface area contributed by atoms with Gasteiger partial charge in [-0.05, 0) is 13.8 Å². The number of ether oxygens (including phenoxy) is 33. The zero-order chi connectivity index (χ0) is 87.2. The minimum atomic E-state index is -1.75. The van der Waals surface area contributed by atoms with Gasteiger partial charge in [0.25, 0.3) is 0 Å². The second-order valence-electron chi connectivity index (χ2n) is 30.9. The fourth-order valence-corrected chi connectivity index (χ4v) is 22.2. The summed E-state index contributed by atoms with van der Waals surface area (Å²) in [5.41, 5.74) is -3.36. The fourth-order valence-electron chi connectivity index (χ4n) is 19.3. The number of hydrogen-bond acceptors (Lipinski definition) is 41. The highest BCUT2D eigenvalue weighted by atomic mass is 32.2. The smallest absolute Gasteiger partial charge is 0.187 e. The minimum Gasteiger partial charge on any atom is -0.396 e. The molecule has 6 N–H and O–H groups in total. The lowest BCUT2D eigenvalue weighted by molar-refractivity contribution is -0.392. The average molecular weight is 1770 g/mol. The van der Waals surface area contributed by atoms with Crippen LogP contribution in [0, 0.1) is 5.92 Å². The molecule has 6 saturated heterocycles. The SMILES string of the molecule is COCC1O[C@H](O[C@H]2C(COC)O[C@H](O[C@H]3C(COC)O[C@H](O[C@H]4C(COC)O[C@H]([C@@H]5OC(C)[C@H](N[C@H]6C(OC)[C@H](OC)[C@H](CO)C(O)(COC)C6SCCOCCSC6[C@H](N[C@@H]7C(C)OCC(OC)[C@H]7OC)C(OC)[C@@H](OC)[C@@H](OC)C6(O)COC)[C@@H](OC)C5OC)C(OC)[C@@H]4OC)C(OC)[C@@H]3OC)C(OC)[C@@H]2OC)C(OC)[C@H](OC)[C@H]1O. The molecule has 0 aromatic heterocycles. The summed E-state index contributed by atoms with van der Waals surface area (Å²) in [5, 5.41) is 55.0. The Bertz CT molecular complexity index is 2790. The Balaban J connectivity index is 1.00. The molecule has 0 aromatic rings. The van der Waals surface area contributed by atoms with Crippen molar-refractivity contribution in [2.24, 2.45) is 5.92 Å². The summed E-state index contributed by atoms with van der Waals surface area (Å²) in [5.74, 6) is -0.151. The van der Waals surface area contributed by atoms with Crippen molar-refractivity contribution in [1.82, 2.24) is 10.6 Å². The van der Waals surface area contributed by atoms with Gasteiger partial charge in [0.05, 0.1) is 119 Å². The highest BCUT2D eigenvalue weighted by Gasteiger charge is 2.66. The number of hydrogen-bond donors (Lipinski definition) is 6. The number of aliphatic hydroxyl groups is 4. The summed E-state index contributed by atoms with van der Waals surface area (Å²) in [4.78, 5) is 0. The molecule has 8 fully saturated rings. The van der Waals surface area contributed by atoms with Crippen LogP contribution in [-0.2, 0) is 156 Å². The molecular formula is C78H144N2O37S2. The van der Waals surface area contributed by atoms with Gasteiger partial charge >= 0.3 is 0 Å². The van der Waals surface area contributed by atoms with Crippen molar-refractivity contribution < 1.29 is 177 Å². The van der Waals surface area contributed by atoms with E-state index in [0.717, 1.165) is 0 Å². The Morgan fingerprint density at radius 1 is 0.345 bits per heavy atom. The maximum absolute atomic E-state index is 13.3. The van der Waals surface area contributed by atoms with Crippen LogP contribution in [0.3, 0.4) is 0 Å². The van der Waals surface area contributed by atoms with Gasteiger partial charge in [0, 0.05) is 181 Å². The highest BCUT2D eigenvalue weighted by molar-refractivity contribution is 8.00. The Labute approximate surface area is 710 Å². The number of thioether (sulfide) groups is 2. The van der Waals surface area contributed by atoms with E-state index in [0.29, 0.717) is 18.1 Å². The lowest BCUT2D eigenvalue weighted by atomic mass is 9.69. The molecule has 0 amide bonds. The van der Waals surface area contributed by atoms with Gasteiger partial charge in [0.15, 0.2) is 18.9 Å². The van der Waals surface area contributed by atoms with Crippen molar-refractivity contribution in [3.63, 3.8) is 0 Å². The van der Waals surface area contributed by atoms with Crippen molar-refractivity contribution in [2.45, 2.75) is 256 Å². The van der Waals surface area contributed by atoms with E-state index in [1.54, 1.807) is 49.8 Å². The van der Waals surface area contributed by atoms with E-state index < -0.39 is 242 Å². The minimum absolute atomic E-state index is 0.0149. The first-order valence-electron chi connectivity index (χ1n) is 40.4. The molecule has 119 heavy (non-hydrogen) atoms. The fraction of sp³-hybridized carbons (Fsp3) is 1.00. The maximum atomic E-state index is 13.3. The molecule has 41 atom stereocenters. The summed E-state index contributed by atoms with van der Waals surface area (Å²) in [6, 6.07) is -2.45. The van der Waals surface area contributed by atoms with Crippen molar-refractivity contribution in [3.05, 3.63) is 0 Å². The van der Waals surface area contributed by atoms with E-state index in [1.807, 2.05) is 13.8 Å². The molecule has 2 aliphatic carbocycles. The number of aliphatic hydroxyl groups excluding tert-OH is 2. The van der Waals surface area contributed by atoms with Gasteiger partial charge in [-0.15, -0.1) is 0 Å². The van der Waals surface area contributed by atoms with Gasteiger partial charge in [0.1, 0.15) is 170 Å². The summed E-state index contributed by atoms with van der Waals surface area (Å²) in [6.45, 7) is 3.82. The van der Waals surface area contributed by atoms with Crippen LogP contribution in [-0.4, -0.2) is 503 Å². The summed E-state index contributed by atoms with van der Waals surface area (Å²) in [7, 11) is 35.2. The van der Waals surface area contributed by atoms with Gasteiger partial charge < -0.3 is 187 Å². The molecule has 18 unspecified atom stereocenters. The van der Waals surface area contributed by atoms with Crippen LogP contribution in [0.1, 0.15) is 13.8 Å². The van der Waals surface area contributed by atoms with Crippen LogP contribution in [0.4, 0.5) is 0 Å². The van der Waals surface area contributed by atoms with E-state index in [1.165, 1.54) is 137 Å². The zero-order valence-corrected chi connectivity index (χ0v) is 75.7. The zero-order valence-electron chi connectivity index (χ0n) is 74.1. The van der Waals surface area contributed by atoms with Crippen molar-refractivity contribution in [1.29, 1.82) is 0 Å². The first-order valence-corrected chi connectivity index (χ1v) is 42.5. The quantitative estimate of drug-likeness (QED) is 0.0351. The molecule has 2 saturated carbocycles. The molecule has 6 aliphatic heterocycles. The second-order valence-corrected chi connectivity index (χ2v) is 33.4. The molecule has 41 heteroatoms. The molecule has 8 rings (SSSR count). The highest BCUT2D eigenvalue weighted by Crippen LogP contribution is 2.48. The third-order valence-electron chi connectivity index (χ3n) is 24.9. The predicted octanol–water partition coefficient (Wildman–Crippen LogP) is -2.24. The Kier molecular flexibility index (Phi) is 43.8. The molecule has 39 nitrogen and oxygen atoms in total. The molecule has 0 bridgehead atoms. The first-order chi connectivity index (χ1) is 57.5. The van der Waals surface area contributed by atoms with Gasteiger partial charge in [-0.3, -0.25) is 0 Å². The summed E-state index contributed by atoms with van der Waals surface area (Å²) < 4.78 is 208. The van der Waals surface area contributed by atoms with E-state index in [2.05, 4.69) is 10.6 Å². The van der Waals surface area contributed by atoms with Crippen LogP contribution >= 0.6 is 23.5 Å². The average Bonchev–Trinajstić information content (AvgIpc) is 0.739. The van der Waals surface area contributed by atoms with E-state index >= 15 is 0 Å². The maximum Gasteiger partial charge on any atom is 0.187 e. The van der Waals surface area contributed by atoms with Crippen LogP contribution in [0.5, 0.6) is 0 Å². The van der Waals surface area contributed by atoms with Crippen molar-refractivity contribution in [3.8, 4) is 0 Å². The van der Waals surface area contributed by atoms with Crippen LogP contribution < -0.4 is 10.6 Å². The topological polar surface area (TPSA) is 410 Å². The third-order valence-corrected chi connectivity index (χ3v) is 27.8. The summed E-state index contributed by atoms with van der Waals surface area (Å²) >= 11 is 2.90. The molecule has 6 heterocycles. The van der Waals surface area contributed by atoms with Crippen molar-refractivity contribution in [2.75, 3.05) is 241 Å². The molecule has 0 spiro atoms. The second kappa shape index (κ2) is 50.4. The normalized spacial score (nSPS) is 45.0. The van der Waals surface area contributed by atoms with Crippen molar-refractivity contribution >= 4 is 23.5 Å². The van der Waals surface area contributed by atoms with Gasteiger partial charge in [0.2, 0.25) is 0 Å². The lowest BCUT2D eigenvalue weighted by Gasteiger charge is -2.57. The molecule has 8 aliphatic rings. The Morgan fingerprint density at radius 3 is 1.12 bits per heavy atom. The Morgan fingerprint density at radius 2 is 0.706 bits per heavy atom. The molecular weight excluding hydrogens is 1620 g/mol. The van der Waals surface area contributed by atoms with E-state index in [9.17, 15) is 20.4 Å². The first kappa shape index (κ1) is 104. The lowest BCUT2D eigenvalue weighted by Crippen LogP contribution is -2.77. The summed E-state index contributed by atoms with van der Waals surface area (Å²) in [6.07, 6.45) is -28.1. The third kappa shape index (κ3) is 22.6. The van der Waals surface area contributed by atoms with Gasteiger partial charge in [-0.1, -0.05) is 0 Å². The molecule has 0 radical (unpaired) electrons. The monoisotopic (exact) mass is 1760 g/mol. The number of rotatable bonds is 49. The van der Waals surface area contributed by atoms with Gasteiger partial charge in [-0.25, -0.2) is 0 Å². The standard InChI is InChI=1S/C78H144N2O37S2/c1-38-46(52(93-11)42(91-9)35-109-38)79-49-58(96-14)67(103-21)71(107-25)78(84,37-90-8)73(49)119-29-27-108-26-28-118-72-48(57(95-13)51(92-10)40(30-81)77(72,83)36-89-7)80-47-39(2)110-65(63(101-19)56(47)94-12)66-64(102-20)60(98-16)53(43(111-66)32-86-4)115-75-69(105-23)62(100-18)55(45(113-75)34-88-6)117-76-70(106-24)61(99-17)54(44(114-76)33-87-5)116-74-68(104-22)59(97-15)50(82)41(112-74)31-85-3/h38-76,79-84H,26-37H2,1-25H3/t38?,39?,40-,41?,42?,43?,44?,45?,46+,47-,48-,49+,50-,51+,52+,53-,54-,55-,56+,57?,58?,59+,60+,61+,62+,63?,64?,65+,66-,67+,68?,69?,70?,71+,72?,73?,74+,75+,76+,77?,78?/m0/s1. The molecule has 0 aromatic carbocycles. The Hall–Kier alpha value is -0.860. The number of nitrogens with one attached hydrogen (secondary N) is 2. The van der Waals surface area contributed by atoms with E-state index in [4.69, 9.17) is 156 Å². The number of methoxy groups -OCH3 is 23.